The second-order valence-corrected chi connectivity index (χ2v) is 3.94. The van der Waals surface area contributed by atoms with Crippen LogP contribution < -0.4 is 11.2 Å². The zero-order chi connectivity index (χ0) is 13.0. The molecule has 1 heterocycles. The Bertz CT molecular complexity index is 511. The van der Waals surface area contributed by atoms with E-state index >= 15 is 0 Å². The smallest absolute Gasteiger partial charge is 0.342 e. The monoisotopic (exact) mass is 240 g/mol. The van der Waals surface area contributed by atoms with Crippen molar-refractivity contribution in [1.82, 2.24) is 9.55 Å². The van der Waals surface area contributed by atoms with Crippen molar-refractivity contribution in [3.63, 3.8) is 0 Å². The van der Waals surface area contributed by atoms with Gasteiger partial charge in [-0.3, -0.25) is 14.3 Å². The van der Waals surface area contributed by atoms with E-state index in [1.54, 1.807) is 0 Å². The Morgan fingerprint density at radius 2 is 2.00 bits per heavy atom. The van der Waals surface area contributed by atoms with Crippen LogP contribution in [0.4, 0.5) is 0 Å². The highest BCUT2D eigenvalue weighted by atomic mass is 16.4. The van der Waals surface area contributed by atoms with Gasteiger partial charge in [0, 0.05) is 12.7 Å². The fraction of sp³-hybridized carbons (Fsp3) is 0.545. The third-order valence-electron chi connectivity index (χ3n) is 2.85. The van der Waals surface area contributed by atoms with Gasteiger partial charge in [-0.2, -0.15) is 0 Å². The van der Waals surface area contributed by atoms with Crippen molar-refractivity contribution < 1.29 is 9.90 Å². The molecule has 0 saturated heterocycles. The van der Waals surface area contributed by atoms with Gasteiger partial charge in [0.1, 0.15) is 5.56 Å². The molecule has 1 rings (SSSR count). The molecule has 1 aromatic heterocycles. The number of carboxylic acid groups (broad SMARTS) is 1. The molecule has 0 spiro atoms. The molecule has 0 amide bonds. The Balaban J connectivity index is 3.16. The number of rotatable bonds is 5. The molecule has 17 heavy (non-hydrogen) atoms. The van der Waals surface area contributed by atoms with Gasteiger partial charge in [0.15, 0.2) is 0 Å². The summed E-state index contributed by atoms with van der Waals surface area (Å²) in [6, 6.07) is 0. The van der Waals surface area contributed by atoms with Crippen molar-refractivity contribution in [1.29, 1.82) is 0 Å². The van der Waals surface area contributed by atoms with Gasteiger partial charge in [0.25, 0.3) is 5.56 Å². The molecule has 0 aliphatic carbocycles. The van der Waals surface area contributed by atoms with Gasteiger partial charge < -0.3 is 5.11 Å². The van der Waals surface area contributed by atoms with Gasteiger partial charge in [0.05, 0.1) is 0 Å². The minimum absolute atomic E-state index is 0.292. The third kappa shape index (κ3) is 3.05. The average molecular weight is 240 g/mol. The number of aromatic amines is 1. The number of aromatic nitrogens is 2. The predicted octanol–water partition coefficient (Wildman–Crippen LogP) is 0.671. The standard InChI is InChI=1S/C11H16N2O4/c1-3-7(4-2)5-13-6-8(10(15)16)9(14)12-11(13)17/h6-7H,3-5H2,1-2H3,(H,15,16)(H,12,14,17). The number of carbonyl (C=O) groups is 1. The SMILES string of the molecule is CCC(CC)Cn1cc(C(=O)O)c(=O)[nH]c1=O. The van der Waals surface area contributed by atoms with E-state index in [2.05, 4.69) is 0 Å². The molecular formula is C11H16N2O4. The summed E-state index contributed by atoms with van der Waals surface area (Å²) in [5, 5.41) is 8.79. The zero-order valence-electron chi connectivity index (χ0n) is 9.90. The lowest BCUT2D eigenvalue weighted by atomic mass is 10.0. The number of nitrogens with one attached hydrogen (secondary N) is 1. The summed E-state index contributed by atoms with van der Waals surface area (Å²) in [5.41, 5.74) is -1.83. The Morgan fingerprint density at radius 3 is 2.47 bits per heavy atom. The lowest BCUT2D eigenvalue weighted by Gasteiger charge is -2.13. The first kappa shape index (κ1) is 13.2. The van der Waals surface area contributed by atoms with Gasteiger partial charge in [-0.25, -0.2) is 9.59 Å². The van der Waals surface area contributed by atoms with E-state index in [1.165, 1.54) is 4.57 Å². The zero-order valence-corrected chi connectivity index (χ0v) is 9.90. The summed E-state index contributed by atoms with van der Waals surface area (Å²) in [6.07, 6.45) is 2.90. The Morgan fingerprint density at radius 1 is 1.41 bits per heavy atom. The second-order valence-electron chi connectivity index (χ2n) is 3.94. The number of aromatic carboxylic acids is 1. The quantitative estimate of drug-likeness (QED) is 0.791. The van der Waals surface area contributed by atoms with Gasteiger partial charge in [-0.1, -0.05) is 26.7 Å². The average Bonchev–Trinajstić information content (AvgIpc) is 2.27. The van der Waals surface area contributed by atoms with E-state index in [0.29, 0.717) is 12.5 Å². The van der Waals surface area contributed by atoms with Gasteiger partial charge in [0.2, 0.25) is 0 Å². The summed E-state index contributed by atoms with van der Waals surface area (Å²) in [6.45, 7) is 4.43. The lowest BCUT2D eigenvalue weighted by Crippen LogP contribution is -2.34. The van der Waals surface area contributed by atoms with Gasteiger partial charge in [-0.15, -0.1) is 0 Å². The maximum absolute atomic E-state index is 11.5. The number of H-pyrrole nitrogens is 1. The Hall–Kier alpha value is -1.85. The van der Waals surface area contributed by atoms with Crippen molar-refractivity contribution >= 4 is 5.97 Å². The molecule has 0 aliphatic rings. The van der Waals surface area contributed by atoms with Crippen LogP contribution in [0.2, 0.25) is 0 Å². The lowest BCUT2D eigenvalue weighted by molar-refractivity contribution is 0.0693. The Kier molecular flexibility index (Phi) is 4.25. The van der Waals surface area contributed by atoms with Crippen LogP contribution in [-0.4, -0.2) is 20.6 Å². The molecule has 0 bridgehead atoms. The number of hydrogen-bond donors (Lipinski definition) is 2. The first-order chi connectivity index (χ1) is 7.99. The van der Waals surface area contributed by atoms with Gasteiger partial charge >= 0.3 is 11.7 Å². The topological polar surface area (TPSA) is 92.2 Å². The molecular weight excluding hydrogens is 224 g/mol. The summed E-state index contributed by atoms with van der Waals surface area (Å²) in [7, 11) is 0. The van der Waals surface area contributed by atoms with Gasteiger partial charge in [-0.05, 0) is 5.92 Å². The molecule has 0 aromatic carbocycles. The van der Waals surface area contributed by atoms with Crippen LogP contribution in [-0.2, 0) is 6.54 Å². The molecule has 6 heteroatoms. The first-order valence-corrected chi connectivity index (χ1v) is 5.56. The van der Waals surface area contributed by atoms with Crippen LogP contribution in [0.25, 0.3) is 0 Å². The van der Waals surface area contributed by atoms with Crippen LogP contribution in [0.1, 0.15) is 37.0 Å². The van der Waals surface area contributed by atoms with Crippen molar-refractivity contribution in [3.05, 3.63) is 32.6 Å². The van der Waals surface area contributed by atoms with Crippen LogP contribution in [0.15, 0.2) is 15.8 Å². The fourth-order valence-electron chi connectivity index (χ4n) is 1.62. The predicted molar refractivity (Wildman–Crippen MR) is 62.4 cm³/mol. The summed E-state index contributed by atoms with van der Waals surface area (Å²) in [5.74, 6) is -1.04. The van der Waals surface area contributed by atoms with E-state index in [4.69, 9.17) is 5.11 Å². The Labute approximate surface area is 97.9 Å². The van der Waals surface area contributed by atoms with E-state index in [9.17, 15) is 14.4 Å². The number of carboxylic acids is 1. The van der Waals surface area contributed by atoms with Crippen molar-refractivity contribution in [3.8, 4) is 0 Å². The van der Waals surface area contributed by atoms with Crippen LogP contribution >= 0.6 is 0 Å². The van der Waals surface area contributed by atoms with E-state index in [-0.39, 0.29) is 0 Å². The molecule has 0 unspecified atom stereocenters. The highest BCUT2D eigenvalue weighted by molar-refractivity contribution is 5.86. The van der Waals surface area contributed by atoms with Crippen molar-refractivity contribution in [2.75, 3.05) is 0 Å². The maximum Gasteiger partial charge on any atom is 0.342 e. The van der Waals surface area contributed by atoms with E-state index in [1.807, 2.05) is 18.8 Å². The third-order valence-corrected chi connectivity index (χ3v) is 2.85. The van der Waals surface area contributed by atoms with Crippen molar-refractivity contribution in [2.24, 2.45) is 5.92 Å². The van der Waals surface area contributed by atoms with Crippen LogP contribution in [0.3, 0.4) is 0 Å². The molecule has 0 fully saturated rings. The minimum Gasteiger partial charge on any atom is -0.477 e. The largest absolute Gasteiger partial charge is 0.477 e. The molecule has 1 aromatic rings. The molecule has 2 N–H and O–H groups in total. The summed E-state index contributed by atoms with van der Waals surface area (Å²) in [4.78, 5) is 35.5. The molecule has 0 atom stereocenters. The van der Waals surface area contributed by atoms with Crippen molar-refractivity contribution in [2.45, 2.75) is 33.2 Å². The number of hydrogen-bond acceptors (Lipinski definition) is 3. The second kappa shape index (κ2) is 5.47. The maximum atomic E-state index is 11.5. The summed E-state index contributed by atoms with van der Waals surface area (Å²) >= 11 is 0. The highest BCUT2D eigenvalue weighted by Crippen LogP contribution is 2.09. The van der Waals surface area contributed by atoms with E-state index in [0.717, 1.165) is 19.0 Å². The molecule has 6 nitrogen and oxygen atoms in total. The summed E-state index contributed by atoms with van der Waals surface area (Å²) < 4.78 is 1.25. The van der Waals surface area contributed by atoms with Crippen LogP contribution in [0.5, 0.6) is 0 Å². The van der Waals surface area contributed by atoms with Crippen LogP contribution in [0, 0.1) is 5.92 Å². The molecule has 0 aliphatic heterocycles. The highest BCUT2D eigenvalue weighted by Gasteiger charge is 2.13. The van der Waals surface area contributed by atoms with E-state index < -0.39 is 22.8 Å². The number of nitrogens with zero attached hydrogens (tertiary/aromatic N) is 1. The minimum atomic E-state index is -1.33. The molecule has 94 valence electrons. The first-order valence-electron chi connectivity index (χ1n) is 5.56. The molecule has 0 radical (unpaired) electrons. The molecule has 0 saturated carbocycles. The fourth-order valence-corrected chi connectivity index (χ4v) is 1.62. The normalized spacial score (nSPS) is 10.8.